The molecule has 1 N–H and O–H groups in total. The zero-order valence-electron chi connectivity index (χ0n) is 19.4. The number of carbonyl (C=O) groups is 1. The lowest BCUT2D eigenvalue weighted by Crippen LogP contribution is -2.48. The second-order valence-corrected chi connectivity index (χ2v) is 10.9. The predicted octanol–water partition coefficient (Wildman–Crippen LogP) is 3.31. The molecule has 0 aliphatic carbocycles. The molecule has 2 bridgehead atoms. The van der Waals surface area contributed by atoms with Gasteiger partial charge in [-0.3, -0.25) is 9.59 Å². The van der Waals surface area contributed by atoms with Crippen molar-refractivity contribution in [2.24, 2.45) is 5.92 Å². The smallest absolute Gasteiger partial charge is 0.255 e. The number of nitrogens with zero attached hydrogens (tertiary/aromatic N) is 2. The van der Waals surface area contributed by atoms with E-state index >= 15 is 0 Å². The number of fused-ring (bicyclic) bond motifs is 4. The van der Waals surface area contributed by atoms with Crippen LogP contribution >= 0.6 is 0 Å². The molecule has 5 rings (SSSR count). The van der Waals surface area contributed by atoms with Crippen LogP contribution in [0.15, 0.2) is 76.4 Å². The van der Waals surface area contributed by atoms with Crippen LogP contribution in [-0.4, -0.2) is 42.9 Å². The number of ether oxygens (including phenoxy) is 1. The summed E-state index contributed by atoms with van der Waals surface area (Å²) in [5.74, 6) is 0.500. The summed E-state index contributed by atoms with van der Waals surface area (Å²) in [6, 6.07) is 18.3. The van der Waals surface area contributed by atoms with Crippen LogP contribution < -0.4 is 15.6 Å². The zero-order valence-corrected chi connectivity index (χ0v) is 20.2. The fourth-order valence-corrected chi connectivity index (χ4v) is 6.54. The summed E-state index contributed by atoms with van der Waals surface area (Å²) in [7, 11) is -3.71. The number of carbonyl (C=O) groups excluding carboxylic acids is 1. The van der Waals surface area contributed by atoms with Crippen LogP contribution in [0.3, 0.4) is 0 Å². The van der Waals surface area contributed by atoms with Crippen molar-refractivity contribution in [2.45, 2.75) is 30.7 Å². The van der Waals surface area contributed by atoms with Crippen molar-refractivity contribution in [1.82, 2.24) is 8.87 Å². The highest BCUT2D eigenvalue weighted by atomic mass is 32.2. The molecular formula is C26H27N3O5S. The second-order valence-electron chi connectivity index (χ2n) is 8.96. The minimum atomic E-state index is -3.71. The number of sulfonamides is 1. The number of nitrogens with one attached hydrogen (secondary N) is 1. The third-order valence-electron chi connectivity index (χ3n) is 6.62. The van der Waals surface area contributed by atoms with E-state index in [4.69, 9.17) is 4.74 Å². The Morgan fingerprint density at radius 2 is 1.74 bits per heavy atom. The lowest BCUT2D eigenvalue weighted by Gasteiger charge is -2.42. The fourth-order valence-electron chi connectivity index (χ4n) is 4.98. The molecule has 1 fully saturated rings. The molecule has 1 amide bonds. The Labute approximate surface area is 204 Å². The first-order chi connectivity index (χ1) is 16.8. The number of hydrogen-bond acceptors (Lipinski definition) is 5. The van der Waals surface area contributed by atoms with Crippen LogP contribution in [-0.2, 0) is 16.6 Å². The third kappa shape index (κ3) is 4.61. The van der Waals surface area contributed by atoms with Gasteiger partial charge in [-0.2, -0.15) is 4.31 Å². The van der Waals surface area contributed by atoms with Crippen LogP contribution in [0.1, 0.15) is 35.3 Å². The molecule has 1 saturated heterocycles. The maximum absolute atomic E-state index is 13.4. The largest absolute Gasteiger partial charge is 0.494 e. The van der Waals surface area contributed by atoms with Crippen molar-refractivity contribution in [1.29, 1.82) is 0 Å². The van der Waals surface area contributed by atoms with Gasteiger partial charge in [0.2, 0.25) is 10.0 Å². The molecule has 0 radical (unpaired) electrons. The molecule has 0 saturated carbocycles. The van der Waals surface area contributed by atoms with Crippen LogP contribution in [0.25, 0.3) is 0 Å². The Bertz CT molecular complexity index is 1400. The van der Waals surface area contributed by atoms with E-state index in [1.165, 1.54) is 16.4 Å². The van der Waals surface area contributed by atoms with E-state index in [1.54, 1.807) is 53.1 Å². The van der Waals surface area contributed by atoms with E-state index in [0.29, 0.717) is 43.2 Å². The Hall–Kier alpha value is -3.43. The first-order valence-corrected chi connectivity index (χ1v) is 13.1. The van der Waals surface area contributed by atoms with Gasteiger partial charge in [0.05, 0.1) is 11.5 Å². The molecule has 9 heteroatoms. The summed E-state index contributed by atoms with van der Waals surface area (Å²) in [5, 5.41) is 2.80. The van der Waals surface area contributed by atoms with Gasteiger partial charge < -0.3 is 14.6 Å². The van der Waals surface area contributed by atoms with Crippen molar-refractivity contribution in [3.05, 3.63) is 88.3 Å². The molecule has 2 atom stereocenters. The van der Waals surface area contributed by atoms with Crippen molar-refractivity contribution in [2.75, 3.05) is 25.0 Å². The van der Waals surface area contributed by atoms with Crippen LogP contribution in [0.4, 0.5) is 5.69 Å². The van der Waals surface area contributed by atoms with E-state index in [0.717, 1.165) is 12.1 Å². The van der Waals surface area contributed by atoms with Gasteiger partial charge >= 0.3 is 0 Å². The fraction of sp³-hybridized carbons (Fsp3) is 0.308. The van der Waals surface area contributed by atoms with Gasteiger partial charge in [0.15, 0.2) is 0 Å². The molecule has 0 unspecified atom stereocenters. The average Bonchev–Trinajstić information content (AvgIpc) is 2.85. The number of rotatable bonds is 6. The van der Waals surface area contributed by atoms with Gasteiger partial charge in [0.25, 0.3) is 11.5 Å². The summed E-state index contributed by atoms with van der Waals surface area (Å²) in [6.07, 6.45) is 0.881. The van der Waals surface area contributed by atoms with Gasteiger partial charge in [0, 0.05) is 48.6 Å². The van der Waals surface area contributed by atoms with Gasteiger partial charge in [0.1, 0.15) is 5.75 Å². The molecule has 2 aromatic carbocycles. The van der Waals surface area contributed by atoms with Crippen LogP contribution in [0, 0.1) is 5.92 Å². The SMILES string of the molecule is CCOc1ccc(C(=O)Nc2ccc(S(=O)(=O)N3C[C@H]4C[C@H](C3)c3cccc(=O)n3C4)cc2)cc1. The van der Waals surface area contributed by atoms with E-state index in [-0.39, 0.29) is 28.2 Å². The van der Waals surface area contributed by atoms with E-state index in [2.05, 4.69) is 5.32 Å². The molecule has 1 aromatic heterocycles. The monoisotopic (exact) mass is 493 g/mol. The first kappa shape index (κ1) is 23.3. The quantitative estimate of drug-likeness (QED) is 0.568. The molecular weight excluding hydrogens is 466 g/mol. The van der Waals surface area contributed by atoms with Gasteiger partial charge in [-0.25, -0.2) is 8.42 Å². The van der Waals surface area contributed by atoms with Crippen molar-refractivity contribution < 1.29 is 17.9 Å². The number of piperidine rings is 1. The number of pyridine rings is 1. The van der Waals surface area contributed by atoms with Crippen LogP contribution in [0.5, 0.6) is 5.75 Å². The minimum absolute atomic E-state index is 0.00106. The molecule has 3 aromatic rings. The lowest BCUT2D eigenvalue weighted by molar-refractivity contribution is 0.102. The maximum Gasteiger partial charge on any atom is 0.255 e. The molecule has 182 valence electrons. The number of aromatic nitrogens is 1. The van der Waals surface area contributed by atoms with Gasteiger partial charge in [-0.1, -0.05) is 6.07 Å². The zero-order chi connectivity index (χ0) is 24.6. The van der Waals surface area contributed by atoms with E-state index < -0.39 is 10.0 Å². The molecule has 2 aliphatic heterocycles. The highest BCUT2D eigenvalue weighted by Crippen LogP contribution is 2.37. The van der Waals surface area contributed by atoms with Crippen molar-refractivity contribution in [3.8, 4) is 5.75 Å². The average molecular weight is 494 g/mol. The van der Waals surface area contributed by atoms with E-state index in [9.17, 15) is 18.0 Å². The molecule has 8 nitrogen and oxygen atoms in total. The van der Waals surface area contributed by atoms with Crippen molar-refractivity contribution >= 4 is 21.6 Å². The van der Waals surface area contributed by atoms with Crippen LogP contribution in [0.2, 0.25) is 0 Å². The lowest BCUT2D eigenvalue weighted by atomic mass is 9.84. The highest BCUT2D eigenvalue weighted by Gasteiger charge is 2.39. The minimum Gasteiger partial charge on any atom is -0.494 e. The van der Waals surface area contributed by atoms with E-state index in [1.807, 2.05) is 13.0 Å². The number of amides is 1. The topological polar surface area (TPSA) is 97.7 Å². The standard InChI is InChI=1S/C26H27N3O5S/c1-2-34-22-10-6-19(7-11-22)26(31)27-21-8-12-23(13-9-21)35(32,33)28-15-18-14-20(17-28)24-4-3-5-25(30)29(24)16-18/h3-13,18,20H,2,14-17H2,1H3,(H,27,31)/t18-,20-/m1/s1. The number of hydrogen-bond donors (Lipinski definition) is 1. The summed E-state index contributed by atoms with van der Waals surface area (Å²) >= 11 is 0. The normalized spacial score (nSPS) is 19.6. The third-order valence-corrected chi connectivity index (χ3v) is 8.47. The number of anilines is 1. The maximum atomic E-state index is 13.4. The van der Waals surface area contributed by atoms with Gasteiger partial charge in [-0.15, -0.1) is 0 Å². The molecule has 2 aliphatic rings. The molecule has 3 heterocycles. The highest BCUT2D eigenvalue weighted by molar-refractivity contribution is 7.89. The van der Waals surface area contributed by atoms with Gasteiger partial charge in [-0.05, 0) is 73.9 Å². The summed E-state index contributed by atoms with van der Waals surface area (Å²) in [5.41, 5.74) is 1.86. The van der Waals surface area contributed by atoms with Crippen molar-refractivity contribution in [3.63, 3.8) is 0 Å². The number of benzene rings is 2. The summed E-state index contributed by atoms with van der Waals surface area (Å²) in [6.45, 7) is 3.71. The Balaban J connectivity index is 1.29. The molecule has 0 spiro atoms. The Morgan fingerprint density at radius 1 is 1.00 bits per heavy atom. The predicted molar refractivity (Wildman–Crippen MR) is 132 cm³/mol. The second kappa shape index (κ2) is 9.31. The first-order valence-electron chi connectivity index (χ1n) is 11.7. The Morgan fingerprint density at radius 3 is 2.46 bits per heavy atom. The summed E-state index contributed by atoms with van der Waals surface area (Å²) < 4.78 is 35.5. The summed E-state index contributed by atoms with van der Waals surface area (Å²) in [4.78, 5) is 25.0. The Kier molecular flexibility index (Phi) is 6.21. The molecule has 35 heavy (non-hydrogen) atoms.